The van der Waals surface area contributed by atoms with Crippen molar-refractivity contribution in [3.63, 3.8) is 0 Å². The molecule has 262 valence electrons. The lowest BCUT2D eigenvalue weighted by Crippen LogP contribution is -2.37. The quantitative estimate of drug-likeness (QED) is 0.164. The summed E-state index contributed by atoms with van der Waals surface area (Å²) in [6.45, 7) is 6.19. The molecule has 5 aromatic rings. The number of nitrogens with one attached hydrogen (secondary N) is 2. The number of fused-ring (bicyclic) bond motifs is 1. The highest BCUT2D eigenvalue weighted by Gasteiger charge is 2.34. The van der Waals surface area contributed by atoms with Crippen molar-refractivity contribution < 1.29 is 27.5 Å². The monoisotopic (exact) mass is 707 g/mol. The van der Waals surface area contributed by atoms with Gasteiger partial charge in [-0.1, -0.05) is 6.07 Å². The number of likely N-dealkylation sites (tertiary alicyclic amines) is 1. The summed E-state index contributed by atoms with van der Waals surface area (Å²) >= 11 is 0.798. The molecule has 1 aliphatic heterocycles. The number of hydrogen-bond acceptors (Lipinski definition) is 8. The molecule has 1 aliphatic rings. The number of alkyl halides is 3. The maximum Gasteiger partial charge on any atom is 0.434 e. The van der Waals surface area contributed by atoms with Crippen LogP contribution in [0.3, 0.4) is 0 Å². The zero-order valence-corrected chi connectivity index (χ0v) is 28.5. The number of ether oxygens (including phenoxy) is 1. The van der Waals surface area contributed by atoms with E-state index in [0.717, 1.165) is 42.6 Å². The number of aromatic nitrogens is 4. The Labute approximate surface area is 289 Å². The van der Waals surface area contributed by atoms with Crippen molar-refractivity contribution in [2.75, 3.05) is 31.6 Å². The number of carbonyl (C=O) groups excluding carboxylic acids is 2. The minimum atomic E-state index is -4.66. The molecule has 1 aromatic carbocycles. The Morgan fingerprint density at radius 3 is 2.66 bits per heavy atom. The second kappa shape index (κ2) is 14.5. The molecule has 2 N–H and O–H groups in total. The third kappa shape index (κ3) is 7.28. The molecule has 5 heterocycles. The summed E-state index contributed by atoms with van der Waals surface area (Å²) in [7, 11) is 2.01. The topological polar surface area (TPSA) is 123 Å². The van der Waals surface area contributed by atoms with E-state index in [-0.39, 0.29) is 40.0 Å². The number of thiazole rings is 1. The van der Waals surface area contributed by atoms with Crippen molar-refractivity contribution in [3.05, 3.63) is 87.5 Å². The van der Waals surface area contributed by atoms with Gasteiger partial charge in [-0.3, -0.25) is 15.0 Å². The van der Waals surface area contributed by atoms with Crippen LogP contribution in [0.5, 0.6) is 0 Å². The number of piperidine rings is 1. The molecule has 6 rings (SSSR count). The van der Waals surface area contributed by atoms with E-state index in [4.69, 9.17) is 4.74 Å². The number of nitrogens with zero attached hydrogens (tertiary/aromatic N) is 5. The number of benzene rings is 1. The molecule has 15 heteroatoms. The molecular weight excluding hydrogens is 671 g/mol. The van der Waals surface area contributed by atoms with Crippen LogP contribution < -0.4 is 16.1 Å². The third-order valence-electron chi connectivity index (χ3n) is 8.66. The van der Waals surface area contributed by atoms with Gasteiger partial charge in [-0.15, -0.1) is 11.3 Å². The second-order valence-corrected chi connectivity index (χ2v) is 12.9. The summed E-state index contributed by atoms with van der Waals surface area (Å²) in [6.07, 6.45) is 2.09. The molecule has 0 spiro atoms. The fourth-order valence-corrected chi connectivity index (χ4v) is 7.11. The second-order valence-electron chi connectivity index (χ2n) is 12.0. The first-order valence-corrected chi connectivity index (χ1v) is 17.1. The van der Waals surface area contributed by atoms with Crippen LogP contribution in [-0.4, -0.2) is 62.2 Å². The summed E-state index contributed by atoms with van der Waals surface area (Å²) in [4.78, 5) is 49.8. The van der Waals surface area contributed by atoms with E-state index < -0.39 is 29.3 Å². The van der Waals surface area contributed by atoms with E-state index in [1.165, 1.54) is 18.0 Å². The molecule has 1 atom stereocenters. The minimum Gasteiger partial charge on any atom is -0.462 e. The van der Waals surface area contributed by atoms with Gasteiger partial charge in [0.25, 0.3) is 0 Å². The van der Waals surface area contributed by atoms with Crippen LogP contribution in [0.1, 0.15) is 54.5 Å². The molecule has 0 saturated carbocycles. The normalized spacial score (nSPS) is 15.3. The number of carbonyl (C=O) groups is 2. The molecule has 50 heavy (non-hydrogen) atoms. The first-order chi connectivity index (χ1) is 24.0. The van der Waals surface area contributed by atoms with Crippen LogP contribution in [0.25, 0.3) is 32.6 Å². The van der Waals surface area contributed by atoms with Crippen molar-refractivity contribution in [3.8, 4) is 21.7 Å². The van der Waals surface area contributed by atoms with E-state index in [1.54, 1.807) is 38.2 Å². The number of esters is 1. The molecule has 0 unspecified atom stereocenters. The molecule has 0 aliphatic carbocycles. The van der Waals surface area contributed by atoms with Gasteiger partial charge in [0.15, 0.2) is 5.69 Å². The molecule has 0 radical (unpaired) electrons. The third-order valence-corrected chi connectivity index (χ3v) is 9.53. The fourth-order valence-electron chi connectivity index (χ4n) is 6.25. The number of urea groups is 1. The summed E-state index contributed by atoms with van der Waals surface area (Å²) in [5, 5.41) is 6.40. The SMILES string of the molecule is CCNC(=O)Nc1cc(-c2nc(C(F)(F)F)cs2)c(-c2ccc3c(c2)c(=O)c(C(=O)OCC)cn3[C@H]2CCCN(Cc3cccn3C)C2)cn1. The molecule has 2 amide bonds. The minimum absolute atomic E-state index is 0.0481. The maximum absolute atomic E-state index is 13.9. The maximum atomic E-state index is 13.9. The van der Waals surface area contributed by atoms with E-state index in [1.807, 2.05) is 23.9 Å². The summed E-state index contributed by atoms with van der Waals surface area (Å²) < 4.78 is 50.0. The molecule has 11 nitrogen and oxygen atoms in total. The van der Waals surface area contributed by atoms with Gasteiger partial charge < -0.3 is 19.2 Å². The smallest absolute Gasteiger partial charge is 0.434 e. The number of anilines is 1. The highest BCUT2D eigenvalue weighted by Crippen LogP contribution is 2.39. The van der Waals surface area contributed by atoms with E-state index >= 15 is 0 Å². The number of pyridine rings is 2. The lowest BCUT2D eigenvalue weighted by molar-refractivity contribution is -0.140. The number of halogens is 3. The molecule has 0 bridgehead atoms. The highest BCUT2D eigenvalue weighted by molar-refractivity contribution is 7.13. The van der Waals surface area contributed by atoms with Crippen molar-refractivity contribution >= 4 is 40.1 Å². The van der Waals surface area contributed by atoms with Crippen LogP contribution in [0.4, 0.5) is 23.8 Å². The number of rotatable bonds is 9. The number of aryl methyl sites for hydroxylation is 1. The fraction of sp³-hybridized carbons (Fsp3) is 0.343. The van der Waals surface area contributed by atoms with Crippen molar-refractivity contribution in [2.45, 2.75) is 45.5 Å². The highest BCUT2D eigenvalue weighted by atomic mass is 32.1. The Morgan fingerprint density at radius 1 is 1.14 bits per heavy atom. The summed E-state index contributed by atoms with van der Waals surface area (Å²) in [5.41, 5.74) is 1.23. The van der Waals surface area contributed by atoms with Gasteiger partial charge in [0, 0.05) is 78.9 Å². The first-order valence-electron chi connectivity index (χ1n) is 16.2. The molecule has 4 aromatic heterocycles. The molecule has 1 saturated heterocycles. The predicted octanol–water partition coefficient (Wildman–Crippen LogP) is 6.70. The van der Waals surface area contributed by atoms with Gasteiger partial charge >= 0.3 is 18.2 Å². The Bertz CT molecular complexity index is 2110. The van der Waals surface area contributed by atoms with E-state index in [9.17, 15) is 27.6 Å². The van der Waals surface area contributed by atoms with Gasteiger partial charge in [-0.2, -0.15) is 13.2 Å². The predicted molar refractivity (Wildman–Crippen MR) is 185 cm³/mol. The van der Waals surface area contributed by atoms with Gasteiger partial charge in [-0.05, 0) is 69.1 Å². The first kappa shape index (κ1) is 34.8. The number of amides is 2. The zero-order valence-electron chi connectivity index (χ0n) is 27.7. The zero-order chi connectivity index (χ0) is 35.6. The lowest BCUT2D eigenvalue weighted by atomic mass is 9.98. The Balaban J connectivity index is 1.46. The molecular formula is C35H36F3N7O4S. The summed E-state index contributed by atoms with van der Waals surface area (Å²) in [6, 6.07) is 10.1. The van der Waals surface area contributed by atoms with Gasteiger partial charge in [0.1, 0.15) is 16.4 Å². The van der Waals surface area contributed by atoms with Crippen LogP contribution in [0.2, 0.25) is 0 Å². The van der Waals surface area contributed by atoms with Crippen molar-refractivity contribution in [2.24, 2.45) is 7.05 Å². The Hall–Kier alpha value is -5.02. The van der Waals surface area contributed by atoms with Crippen LogP contribution >= 0.6 is 11.3 Å². The van der Waals surface area contributed by atoms with Crippen LogP contribution in [0.15, 0.2) is 65.2 Å². The van der Waals surface area contributed by atoms with Crippen LogP contribution in [-0.2, 0) is 24.5 Å². The number of hydrogen-bond donors (Lipinski definition) is 2. The average Bonchev–Trinajstić information content (AvgIpc) is 3.75. The van der Waals surface area contributed by atoms with Gasteiger partial charge in [0.05, 0.1) is 12.1 Å². The van der Waals surface area contributed by atoms with Crippen molar-refractivity contribution in [1.82, 2.24) is 29.3 Å². The Morgan fingerprint density at radius 2 is 1.96 bits per heavy atom. The Kier molecular flexibility index (Phi) is 10.1. The molecule has 1 fully saturated rings. The van der Waals surface area contributed by atoms with E-state index in [0.29, 0.717) is 29.7 Å². The van der Waals surface area contributed by atoms with E-state index in [2.05, 4.69) is 36.1 Å². The largest absolute Gasteiger partial charge is 0.462 e. The van der Waals surface area contributed by atoms with Crippen molar-refractivity contribution in [1.29, 1.82) is 0 Å². The van der Waals surface area contributed by atoms with Crippen LogP contribution in [0, 0.1) is 0 Å². The standard InChI is InChI=1S/C35H36F3N7O4S/c1-4-39-34(48)42-30-15-24(32-41-29(20-50-32)35(36,37)38)26(16-40-30)21-10-11-28-25(14-21)31(46)27(33(47)49-5-2)19-45(28)23-9-7-13-44(18-23)17-22-8-6-12-43(22)3/h6,8,10-12,14-16,19-20,23H,4-5,7,9,13,17-18H2,1-3H3,(H2,39,40,42,48)/t23-/m0/s1. The van der Waals surface area contributed by atoms with Gasteiger partial charge in [0.2, 0.25) is 5.43 Å². The van der Waals surface area contributed by atoms with Gasteiger partial charge in [-0.25, -0.2) is 19.6 Å². The average molecular weight is 708 g/mol. The lowest BCUT2D eigenvalue weighted by Gasteiger charge is -2.35. The summed E-state index contributed by atoms with van der Waals surface area (Å²) in [5.74, 6) is -0.635.